The molecule has 1 aliphatic heterocycles. The lowest BCUT2D eigenvalue weighted by Crippen LogP contribution is -2.43. The fourth-order valence-electron chi connectivity index (χ4n) is 2.77. The van der Waals surface area contributed by atoms with Crippen LogP contribution in [0.2, 0.25) is 0 Å². The van der Waals surface area contributed by atoms with Crippen molar-refractivity contribution in [3.63, 3.8) is 0 Å². The maximum Gasteiger partial charge on any atom is 0.324 e. The Morgan fingerprint density at radius 3 is 2.61 bits per heavy atom. The predicted molar refractivity (Wildman–Crippen MR) is 96.0 cm³/mol. The number of hydrogen-bond donors (Lipinski definition) is 2. The normalized spacial score (nSPS) is 17.1. The van der Waals surface area contributed by atoms with Crippen molar-refractivity contribution >= 4 is 27.8 Å². The summed E-state index contributed by atoms with van der Waals surface area (Å²) < 4.78 is 45.1. The standard InChI is InChI=1S/C17H22FN3O6S/c1-2-19-15(22)10-20-16(23)11-27-17(24)13-7-5-9-21(13)28(25,26)14-8-4-3-6-12(14)18/h3-4,6,8,13H,2,5,7,9-11H2,1H3,(H,19,22)(H,20,23)/t13-/m0/s1. The SMILES string of the molecule is CCNC(=O)CNC(=O)COC(=O)[C@@H]1CCCN1S(=O)(=O)c1ccccc1F. The number of amides is 2. The van der Waals surface area contributed by atoms with E-state index in [1.54, 1.807) is 6.92 Å². The number of carbonyl (C=O) groups excluding carboxylic acids is 3. The fraction of sp³-hybridized carbons (Fsp3) is 0.471. The largest absolute Gasteiger partial charge is 0.454 e. The molecule has 1 aromatic rings. The molecule has 28 heavy (non-hydrogen) atoms. The van der Waals surface area contributed by atoms with Crippen LogP contribution in [0.5, 0.6) is 0 Å². The van der Waals surface area contributed by atoms with Crippen molar-refractivity contribution in [2.24, 2.45) is 0 Å². The van der Waals surface area contributed by atoms with Crippen molar-refractivity contribution in [1.82, 2.24) is 14.9 Å². The van der Waals surface area contributed by atoms with Crippen molar-refractivity contribution in [2.45, 2.75) is 30.7 Å². The summed E-state index contributed by atoms with van der Waals surface area (Å²) in [4.78, 5) is 34.7. The van der Waals surface area contributed by atoms with Crippen molar-refractivity contribution in [3.8, 4) is 0 Å². The molecule has 1 heterocycles. The van der Waals surface area contributed by atoms with E-state index in [0.29, 0.717) is 13.0 Å². The third kappa shape index (κ3) is 5.26. The number of esters is 1. The fourth-order valence-corrected chi connectivity index (χ4v) is 4.48. The molecule has 2 N–H and O–H groups in total. The average molecular weight is 415 g/mol. The molecule has 9 nitrogen and oxygen atoms in total. The average Bonchev–Trinajstić information content (AvgIpc) is 3.16. The number of hydrogen-bond acceptors (Lipinski definition) is 6. The number of carbonyl (C=O) groups is 3. The molecule has 1 saturated heterocycles. The van der Waals surface area contributed by atoms with Gasteiger partial charge in [-0.3, -0.25) is 14.4 Å². The van der Waals surface area contributed by atoms with E-state index in [0.717, 1.165) is 16.4 Å². The first kappa shape index (κ1) is 21.8. The van der Waals surface area contributed by atoms with Crippen LogP contribution in [0.15, 0.2) is 29.2 Å². The van der Waals surface area contributed by atoms with E-state index >= 15 is 0 Å². The highest BCUT2D eigenvalue weighted by Gasteiger charge is 2.41. The highest BCUT2D eigenvalue weighted by atomic mass is 32.2. The van der Waals surface area contributed by atoms with Gasteiger partial charge < -0.3 is 15.4 Å². The molecule has 1 aromatic carbocycles. The zero-order chi connectivity index (χ0) is 20.7. The van der Waals surface area contributed by atoms with Gasteiger partial charge in [0.2, 0.25) is 15.9 Å². The van der Waals surface area contributed by atoms with E-state index in [2.05, 4.69) is 10.6 Å². The Labute approximate surface area is 162 Å². The first-order valence-electron chi connectivity index (χ1n) is 8.73. The van der Waals surface area contributed by atoms with E-state index in [1.165, 1.54) is 12.1 Å². The molecule has 0 aliphatic carbocycles. The Hall–Kier alpha value is -2.53. The van der Waals surface area contributed by atoms with Gasteiger partial charge in [-0.1, -0.05) is 12.1 Å². The number of rotatable bonds is 8. The smallest absolute Gasteiger partial charge is 0.324 e. The molecule has 154 valence electrons. The zero-order valence-electron chi connectivity index (χ0n) is 15.3. The Morgan fingerprint density at radius 1 is 1.21 bits per heavy atom. The van der Waals surface area contributed by atoms with Gasteiger partial charge in [0, 0.05) is 13.1 Å². The zero-order valence-corrected chi connectivity index (χ0v) is 16.1. The number of sulfonamides is 1. The molecule has 1 aliphatic rings. The molecule has 0 saturated carbocycles. The molecule has 0 aromatic heterocycles. The van der Waals surface area contributed by atoms with Crippen LogP contribution in [0.25, 0.3) is 0 Å². The Kier molecular flexibility index (Phi) is 7.46. The van der Waals surface area contributed by atoms with Crippen LogP contribution >= 0.6 is 0 Å². The summed E-state index contributed by atoms with van der Waals surface area (Å²) in [5, 5.41) is 4.77. The number of halogens is 1. The molecule has 11 heteroatoms. The summed E-state index contributed by atoms with van der Waals surface area (Å²) >= 11 is 0. The van der Waals surface area contributed by atoms with Gasteiger partial charge in [-0.25, -0.2) is 12.8 Å². The van der Waals surface area contributed by atoms with Crippen molar-refractivity contribution in [3.05, 3.63) is 30.1 Å². The van der Waals surface area contributed by atoms with Gasteiger partial charge in [0.15, 0.2) is 6.61 Å². The van der Waals surface area contributed by atoms with Gasteiger partial charge in [0.05, 0.1) is 6.54 Å². The number of ether oxygens (including phenoxy) is 1. The van der Waals surface area contributed by atoms with Crippen molar-refractivity contribution in [2.75, 3.05) is 26.2 Å². The van der Waals surface area contributed by atoms with Crippen LogP contribution in [0, 0.1) is 5.82 Å². The monoisotopic (exact) mass is 415 g/mol. The summed E-state index contributed by atoms with van der Waals surface area (Å²) in [7, 11) is -4.23. The number of likely N-dealkylation sites (N-methyl/N-ethyl adjacent to an activating group) is 1. The van der Waals surface area contributed by atoms with E-state index < -0.39 is 45.3 Å². The third-order valence-electron chi connectivity index (χ3n) is 4.06. The molecular formula is C17H22FN3O6S. The van der Waals surface area contributed by atoms with Gasteiger partial charge >= 0.3 is 5.97 Å². The van der Waals surface area contributed by atoms with E-state index in [-0.39, 0.29) is 25.4 Å². The molecule has 1 atom stereocenters. The Balaban J connectivity index is 1.97. The van der Waals surface area contributed by atoms with Gasteiger partial charge in [0.25, 0.3) is 5.91 Å². The summed E-state index contributed by atoms with van der Waals surface area (Å²) in [5.41, 5.74) is 0. The maximum atomic E-state index is 13.9. The first-order chi connectivity index (χ1) is 13.3. The number of benzene rings is 1. The minimum absolute atomic E-state index is 0.0415. The number of nitrogens with zero attached hydrogens (tertiary/aromatic N) is 1. The third-order valence-corrected chi connectivity index (χ3v) is 6.01. The lowest BCUT2D eigenvalue weighted by Gasteiger charge is -2.22. The summed E-state index contributed by atoms with van der Waals surface area (Å²) in [6, 6.07) is 3.76. The highest BCUT2D eigenvalue weighted by molar-refractivity contribution is 7.89. The minimum Gasteiger partial charge on any atom is -0.454 e. The second-order valence-corrected chi connectivity index (χ2v) is 7.90. The van der Waals surface area contributed by atoms with Crippen molar-refractivity contribution < 1.29 is 31.9 Å². The molecule has 2 rings (SSSR count). The molecule has 0 spiro atoms. The molecular weight excluding hydrogens is 393 g/mol. The van der Waals surface area contributed by atoms with Crippen LogP contribution in [0.4, 0.5) is 4.39 Å². The Bertz CT molecular complexity index is 845. The van der Waals surface area contributed by atoms with Crippen LogP contribution in [0.3, 0.4) is 0 Å². The molecule has 2 amide bonds. The lowest BCUT2D eigenvalue weighted by atomic mass is 10.2. The van der Waals surface area contributed by atoms with Crippen molar-refractivity contribution in [1.29, 1.82) is 0 Å². The quantitative estimate of drug-likeness (QED) is 0.566. The molecule has 1 fully saturated rings. The first-order valence-corrected chi connectivity index (χ1v) is 10.2. The van der Waals surface area contributed by atoms with E-state index in [4.69, 9.17) is 4.74 Å². The summed E-state index contributed by atoms with van der Waals surface area (Å²) in [5.74, 6) is -2.89. The highest BCUT2D eigenvalue weighted by Crippen LogP contribution is 2.28. The minimum atomic E-state index is -4.23. The van der Waals surface area contributed by atoms with Crippen LogP contribution in [0.1, 0.15) is 19.8 Å². The summed E-state index contributed by atoms with van der Waals surface area (Å²) in [6.07, 6.45) is 0.601. The van der Waals surface area contributed by atoms with Gasteiger partial charge in [-0.2, -0.15) is 4.31 Å². The second-order valence-electron chi connectivity index (χ2n) is 6.04. The molecule has 0 bridgehead atoms. The van der Waals surface area contributed by atoms with Crippen LogP contribution < -0.4 is 10.6 Å². The predicted octanol–water partition coefficient (Wildman–Crippen LogP) is -0.226. The molecule has 0 unspecified atom stereocenters. The van der Waals surface area contributed by atoms with E-state index in [1.807, 2.05) is 0 Å². The molecule has 0 radical (unpaired) electrons. The topological polar surface area (TPSA) is 122 Å². The van der Waals surface area contributed by atoms with Crippen LogP contribution in [-0.2, 0) is 29.1 Å². The maximum absolute atomic E-state index is 13.9. The van der Waals surface area contributed by atoms with Gasteiger partial charge in [0.1, 0.15) is 16.8 Å². The second kappa shape index (κ2) is 9.60. The Morgan fingerprint density at radius 2 is 1.93 bits per heavy atom. The van der Waals surface area contributed by atoms with Crippen LogP contribution in [-0.4, -0.2) is 62.8 Å². The lowest BCUT2D eigenvalue weighted by molar-refractivity contribution is -0.151. The van der Waals surface area contributed by atoms with Gasteiger partial charge in [-0.15, -0.1) is 0 Å². The van der Waals surface area contributed by atoms with E-state index in [9.17, 15) is 27.2 Å². The number of nitrogens with one attached hydrogen (secondary N) is 2. The van der Waals surface area contributed by atoms with Gasteiger partial charge in [-0.05, 0) is 31.9 Å². The summed E-state index contributed by atoms with van der Waals surface area (Å²) in [6.45, 7) is 1.27.